The average Bonchev–Trinajstić information content (AvgIpc) is 2.24. The van der Waals surface area contributed by atoms with Gasteiger partial charge in [-0.1, -0.05) is 30.7 Å². The van der Waals surface area contributed by atoms with Crippen molar-refractivity contribution in [1.82, 2.24) is 0 Å². The third kappa shape index (κ3) is 3.85. The molecule has 5 heteroatoms. The summed E-state index contributed by atoms with van der Waals surface area (Å²) in [6.07, 6.45) is 0.768. The van der Waals surface area contributed by atoms with Gasteiger partial charge in [-0.25, -0.2) is 4.39 Å². The van der Waals surface area contributed by atoms with E-state index in [1.807, 2.05) is 6.92 Å². The second-order valence-electron chi connectivity index (χ2n) is 3.63. The van der Waals surface area contributed by atoms with E-state index in [1.54, 1.807) is 12.1 Å². The fourth-order valence-corrected chi connectivity index (χ4v) is 2.84. The van der Waals surface area contributed by atoms with Crippen LogP contribution in [0.1, 0.15) is 18.9 Å². The molecule has 0 aliphatic rings. The first-order valence-corrected chi connectivity index (χ1v) is 6.94. The van der Waals surface area contributed by atoms with E-state index in [4.69, 9.17) is 17.3 Å². The lowest BCUT2D eigenvalue weighted by Crippen LogP contribution is -2.26. The number of hydrogen-bond acceptors (Lipinski definition) is 2. The Hall–Kier alpha value is -0.450. The normalized spacial score (nSPS) is 14.8. The fourth-order valence-electron chi connectivity index (χ4n) is 1.25. The van der Waals surface area contributed by atoms with Crippen molar-refractivity contribution in [3.05, 3.63) is 34.6 Å². The van der Waals surface area contributed by atoms with Gasteiger partial charge in [0.15, 0.2) is 0 Å². The maximum atomic E-state index is 13.5. The summed E-state index contributed by atoms with van der Waals surface area (Å²) in [5.41, 5.74) is 6.07. The Kier molecular flexibility index (Phi) is 5.38. The third-order valence-electron chi connectivity index (χ3n) is 2.27. The fraction of sp³-hybridized carbons (Fsp3) is 0.455. The number of hydrogen-bond donors (Lipinski definition) is 1. The van der Waals surface area contributed by atoms with Crippen molar-refractivity contribution >= 4 is 22.4 Å². The van der Waals surface area contributed by atoms with Gasteiger partial charge in [0, 0.05) is 28.2 Å². The lowest BCUT2D eigenvalue weighted by atomic mass is 10.2. The van der Waals surface area contributed by atoms with Crippen LogP contribution in [0.25, 0.3) is 0 Å². The van der Waals surface area contributed by atoms with Gasteiger partial charge >= 0.3 is 0 Å². The molecule has 0 aliphatic carbocycles. The Balaban J connectivity index is 2.66. The first-order chi connectivity index (χ1) is 7.54. The maximum Gasteiger partial charge on any atom is 0.145 e. The quantitative estimate of drug-likeness (QED) is 0.887. The van der Waals surface area contributed by atoms with Gasteiger partial charge in [-0.15, -0.1) is 0 Å². The SMILES string of the molecule is CCC(N)CS(=O)Cc1cccc(Cl)c1F. The minimum absolute atomic E-state index is 0.0642. The Morgan fingerprint density at radius 3 is 2.88 bits per heavy atom. The second-order valence-corrected chi connectivity index (χ2v) is 5.54. The van der Waals surface area contributed by atoms with Crippen molar-refractivity contribution in [1.29, 1.82) is 0 Å². The van der Waals surface area contributed by atoms with Crippen LogP contribution in [0.4, 0.5) is 4.39 Å². The van der Waals surface area contributed by atoms with Crippen LogP contribution in [0.15, 0.2) is 18.2 Å². The van der Waals surface area contributed by atoms with Crippen molar-refractivity contribution in [2.24, 2.45) is 5.73 Å². The number of rotatable bonds is 5. The Morgan fingerprint density at radius 2 is 2.25 bits per heavy atom. The van der Waals surface area contributed by atoms with Crippen molar-refractivity contribution in [2.45, 2.75) is 25.1 Å². The summed E-state index contributed by atoms with van der Waals surface area (Å²) in [4.78, 5) is 0. The largest absolute Gasteiger partial charge is 0.327 e. The summed E-state index contributed by atoms with van der Waals surface area (Å²) in [6.45, 7) is 1.93. The molecule has 90 valence electrons. The zero-order valence-electron chi connectivity index (χ0n) is 9.08. The highest BCUT2D eigenvalue weighted by molar-refractivity contribution is 7.84. The van der Waals surface area contributed by atoms with Gasteiger partial charge in [-0.3, -0.25) is 4.21 Å². The highest BCUT2D eigenvalue weighted by Crippen LogP contribution is 2.19. The molecule has 0 saturated carbocycles. The summed E-state index contributed by atoms with van der Waals surface area (Å²) in [5.74, 6) is 0.0744. The highest BCUT2D eigenvalue weighted by atomic mass is 35.5. The van der Waals surface area contributed by atoms with Crippen LogP contribution >= 0.6 is 11.6 Å². The summed E-state index contributed by atoms with van der Waals surface area (Å²) >= 11 is 5.63. The Bertz CT molecular complexity index is 386. The molecule has 0 amide bonds. The molecule has 0 saturated heterocycles. The standard InChI is InChI=1S/C11H15ClFNOS/c1-2-9(14)7-16(15)6-8-4-3-5-10(12)11(8)13/h3-5,9H,2,6-7,14H2,1H3. The summed E-state index contributed by atoms with van der Waals surface area (Å²) < 4.78 is 25.2. The lowest BCUT2D eigenvalue weighted by molar-refractivity contribution is 0.614. The second kappa shape index (κ2) is 6.33. The topological polar surface area (TPSA) is 43.1 Å². The van der Waals surface area contributed by atoms with E-state index in [0.29, 0.717) is 11.3 Å². The minimum atomic E-state index is -1.14. The average molecular weight is 264 g/mol. The number of nitrogens with two attached hydrogens (primary N) is 1. The van der Waals surface area contributed by atoms with Crippen molar-refractivity contribution in [2.75, 3.05) is 5.75 Å². The molecule has 1 aromatic rings. The van der Waals surface area contributed by atoms with E-state index in [0.717, 1.165) is 6.42 Å². The van der Waals surface area contributed by atoms with Crippen molar-refractivity contribution in [3.63, 3.8) is 0 Å². The van der Waals surface area contributed by atoms with Crippen LogP contribution in [0, 0.1) is 5.82 Å². The minimum Gasteiger partial charge on any atom is -0.327 e. The van der Waals surface area contributed by atoms with E-state index < -0.39 is 16.6 Å². The lowest BCUT2D eigenvalue weighted by Gasteiger charge is -2.09. The smallest absolute Gasteiger partial charge is 0.145 e. The van der Waals surface area contributed by atoms with Gasteiger partial charge in [0.1, 0.15) is 5.82 Å². The molecule has 0 aromatic heterocycles. The number of benzene rings is 1. The predicted octanol–water partition coefficient (Wildman–Crippen LogP) is 2.47. The van der Waals surface area contributed by atoms with E-state index in [-0.39, 0.29) is 16.8 Å². The van der Waals surface area contributed by atoms with E-state index in [9.17, 15) is 8.60 Å². The molecular formula is C11H15ClFNOS. The first-order valence-electron chi connectivity index (χ1n) is 5.08. The highest BCUT2D eigenvalue weighted by Gasteiger charge is 2.11. The van der Waals surface area contributed by atoms with Crippen LogP contribution < -0.4 is 5.73 Å². The summed E-state index contributed by atoms with van der Waals surface area (Å²) in [6, 6.07) is 4.62. The molecular weight excluding hydrogens is 249 g/mol. The van der Waals surface area contributed by atoms with Crippen LogP contribution in [-0.4, -0.2) is 16.0 Å². The maximum absolute atomic E-state index is 13.5. The van der Waals surface area contributed by atoms with Gasteiger partial charge < -0.3 is 5.73 Å². The summed E-state index contributed by atoms with van der Waals surface area (Å²) in [5, 5.41) is 0.0642. The van der Waals surface area contributed by atoms with Crippen LogP contribution in [0.3, 0.4) is 0 Å². The van der Waals surface area contributed by atoms with E-state index in [2.05, 4.69) is 0 Å². The monoisotopic (exact) mass is 263 g/mol. The molecule has 0 heterocycles. The van der Waals surface area contributed by atoms with Crippen LogP contribution in [-0.2, 0) is 16.6 Å². The van der Waals surface area contributed by atoms with Crippen LogP contribution in [0.5, 0.6) is 0 Å². The van der Waals surface area contributed by atoms with Gasteiger partial charge in [0.25, 0.3) is 0 Å². The Labute approximate surface area is 102 Å². The van der Waals surface area contributed by atoms with Crippen molar-refractivity contribution < 1.29 is 8.60 Å². The molecule has 2 unspecified atom stereocenters. The molecule has 0 fully saturated rings. The zero-order chi connectivity index (χ0) is 12.1. The Morgan fingerprint density at radius 1 is 1.56 bits per heavy atom. The molecule has 2 atom stereocenters. The van der Waals surface area contributed by atoms with Gasteiger partial charge in [-0.2, -0.15) is 0 Å². The zero-order valence-corrected chi connectivity index (χ0v) is 10.7. The van der Waals surface area contributed by atoms with E-state index in [1.165, 1.54) is 6.07 Å². The van der Waals surface area contributed by atoms with Gasteiger partial charge in [0.05, 0.1) is 10.8 Å². The van der Waals surface area contributed by atoms with Crippen LogP contribution in [0.2, 0.25) is 5.02 Å². The molecule has 16 heavy (non-hydrogen) atoms. The third-order valence-corrected chi connectivity index (χ3v) is 4.00. The first kappa shape index (κ1) is 13.6. The molecule has 2 nitrogen and oxygen atoms in total. The number of halogens is 2. The van der Waals surface area contributed by atoms with Gasteiger partial charge in [-0.05, 0) is 12.5 Å². The molecule has 2 N–H and O–H groups in total. The molecule has 1 rings (SSSR count). The predicted molar refractivity (Wildman–Crippen MR) is 66.4 cm³/mol. The molecule has 0 bridgehead atoms. The van der Waals surface area contributed by atoms with Gasteiger partial charge in [0.2, 0.25) is 0 Å². The molecule has 0 radical (unpaired) electrons. The molecule has 0 aliphatic heterocycles. The summed E-state index contributed by atoms with van der Waals surface area (Å²) in [7, 11) is -1.14. The van der Waals surface area contributed by atoms with E-state index >= 15 is 0 Å². The van der Waals surface area contributed by atoms with Crippen molar-refractivity contribution in [3.8, 4) is 0 Å². The molecule has 0 spiro atoms. The molecule has 1 aromatic carbocycles.